The zero-order valence-electron chi connectivity index (χ0n) is 15.4. The fourth-order valence-electron chi connectivity index (χ4n) is 3.39. The molecule has 8 heteroatoms. The standard InChI is InChI=1S/C18H25N5O3/c1-13-4-6-15(7-5-13)16(22-8-10-26-11-9-22)12-19-18-17(23(24)25)14(2)20-21(18)3/h4-7,16,19H,8-12H2,1-3H3. The molecule has 1 unspecified atom stereocenters. The summed E-state index contributed by atoms with van der Waals surface area (Å²) in [6, 6.07) is 8.55. The van der Waals surface area contributed by atoms with E-state index >= 15 is 0 Å². The van der Waals surface area contributed by atoms with Crippen LogP contribution in [0.5, 0.6) is 0 Å². The molecule has 1 N–H and O–H groups in total. The molecule has 0 saturated carbocycles. The van der Waals surface area contributed by atoms with E-state index in [4.69, 9.17) is 4.74 Å². The summed E-state index contributed by atoms with van der Waals surface area (Å²) in [6.07, 6.45) is 0. The maximum Gasteiger partial charge on any atom is 0.333 e. The maximum absolute atomic E-state index is 11.4. The molecule has 2 aromatic rings. The Morgan fingerprint density at radius 1 is 1.27 bits per heavy atom. The Bertz CT molecular complexity index is 766. The molecular weight excluding hydrogens is 334 g/mol. The first-order valence-corrected chi connectivity index (χ1v) is 8.77. The van der Waals surface area contributed by atoms with Gasteiger partial charge in [0.25, 0.3) is 0 Å². The van der Waals surface area contributed by atoms with Crippen LogP contribution in [0.2, 0.25) is 0 Å². The Hall–Kier alpha value is -2.45. The Morgan fingerprint density at radius 3 is 2.54 bits per heavy atom. The van der Waals surface area contributed by atoms with E-state index in [-0.39, 0.29) is 16.7 Å². The molecule has 140 valence electrons. The van der Waals surface area contributed by atoms with Gasteiger partial charge in [-0.25, -0.2) is 4.68 Å². The van der Waals surface area contributed by atoms with E-state index in [1.165, 1.54) is 11.1 Å². The summed E-state index contributed by atoms with van der Waals surface area (Å²) in [5.74, 6) is 0.442. The third kappa shape index (κ3) is 3.86. The first-order valence-electron chi connectivity index (χ1n) is 8.77. The molecule has 1 aliphatic rings. The van der Waals surface area contributed by atoms with E-state index in [1.54, 1.807) is 18.7 Å². The molecule has 1 saturated heterocycles. The Morgan fingerprint density at radius 2 is 1.92 bits per heavy atom. The van der Waals surface area contributed by atoms with Gasteiger partial charge in [-0.05, 0) is 19.4 Å². The molecule has 0 spiro atoms. The van der Waals surface area contributed by atoms with Gasteiger partial charge in [-0.1, -0.05) is 29.8 Å². The lowest BCUT2D eigenvalue weighted by molar-refractivity contribution is -0.384. The second kappa shape index (κ2) is 7.84. The summed E-state index contributed by atoms with van der Waals surface area (Å²) < 4.78 is 7.02. The van der Waals surface area contributed by atoms with E-state index < -0.39 is 0 Å². The van der Waals surface area contributed by atoms with Gasteiger partial charge in [-0.2, -0.15) is 5.10 Å². The predicted molar refractivity (Wildman–Crippen MR) is 99.4 cm³/mol. The van der Waals surface area contributed by atoms with Gasteiger partial charge < -0.3 is 10.1 Å². The minimum atomic E-state index is -0.375. The molecule has 0 amide bonds. The van der Waals surface area contributed by atoms with Crippen LogP contribution in [-0.2, 0) is 11.8 Å². The van der Waals surface area contributed by atoms with Crippen molar-refractivity contribution in [2.24, 2.45) is 7.05 Å². The lowest BCUT2D eigenvalue weighted by Crippen LogP contribution is -2.41. The number of hydrogen-bond acceptors (Lipinski definition) is 6. The van der Waals surface area contributed by atoms with Crippen LogP contribution in [0.3, 0.4) is 0 Å². The van der Waals surface area contributed by atoms with E-state index in [1.807, 2.05) is 0 Å². The van der Waals surface area contributed by atoms with Gasteiger partial charge in [0.05, 0.1) is 24.2 Å². The lowest BCUT2D eigenvalue weighted by Gasteiger charge is -2.35. The van der Waals surface area contributed by atoms with Gasteiger partial charge in [0.15, 0.2) is 0 Å². The molecule has 0 bridgehead atoms. The number of hydrogen-bond donors (Lipinski definition) is 1. The predicted octanol–water partition coefficient (Wildman–Crippen LogP) is 2.43. The summed E-state index contributed by atoms with van der Waals surface area (Å²) in [6.45, 7) is 7.36. The van der Waals surface area contributed by atoms with Crippen LogP contribution in [0.25, 0.3) is 0 Å². The van der Waals surface area contributed by atoms with Crippen LogP contribution in [0.15, 0.2) is 24.3 Å². The number of benzene rings is 1. The fraction of sp³-hybridized carbons (Fsp3) is 0.500. The van der Waals surface area contributed by atoms with Gasteiger partial charge >= 0.3 is 5.69 Å². The third-order valence-electron chi connectivity index (χ3n) is 4.78. The van der Waals surface area contributed by atoms with Crippen molar-refractivity contribution in [2.45, 2.75) is 19.9 Å². The van der Waals surface area contributed by atoms with Crippen molar-refractivity contribution >= 4 is 11.5 Å². The summed E-state index contributed by atoms with van der Waals surface area (Å²) in [4.78, 5) is 13.4. The smallest absolute Gasteiger partial charge is 0.333 e. The molecule has 0 radical (unpaired) electrons. The summed E-state index contributed by atoms with van der Waals surface area (Å²) >= 11 is 0. The zero-order valence-corrected chi connectivity index (χ0v) is 15.4. The molecule has 26 heavy (non-hydrogen) atoms. The minimum Gasteiger partial charge on any atom is -0.379 e. The maximum atomic E-state index is 11.4. The van der Waals surface area contributed by atoms with Crippen molar-refractivity contribution < 1.29 is 9.66 Å². The second-order valence-corrected chi connectivity index (χ2v) is 6.62. The highest BCUT2D eigenvalue weighted by molar-refractivity contribution is 5.59. The van der Waals surface area contributed by atoms with Crippen LogP contribution >= 0.6 is 0 Å². The number of rotatable bonds is 6. The highest BCUT2D eigenvalue weighted by atomic mass is 16.6. The quantitative estimate of drug-likeness (QED) is 0.630. The molecule has 1 aliphatic heterocycles. The molecule has 1 fully saturated rings. The van der Waals surface area contributed by atoms with Gasteiger partial charge in [0.1, 0.15) is 5.69 Å². The molecule has 8 nitrogen and oxygen atoms in total. The van der Waals surface area contributed by atoms with Crippen molar-refractivity contribution in [1.29, 1.82) is 0 Å². The average molecular weight is 359 g/mol. The van der Waals surface area contributed by atoms with E-state index in [0.29, 0.717) is 31.3 Å². The minimum absolute atomic E-state index is 0.0390. The van der Waals surface area contributed by atoms with Crippen molar-refractivity contribution in [3.63, 3.8) is 0 Å². The Kier molecular flexibility index (Phi) is 5.53. The number of anilines is 1. The molecule has 1 aromatic carbocycles. The van der Waals surface area contributed by atoms with E-state index in [2.05, 4.69) is 46.5 Å². The fourth-order valence-corrected chi connectivity index (χ4v) is 3.39. The highest BCUT2D eigenvalue weighted by Crippen LogP contribution is 2.29. The van der Waals surface area contributed by atoms with Gasteiger partial charge in [0, 0.05) is 26.7 Å². The topological polar surface area (TPSA) is 85.5 Å². The summed E-state index contributed by atoms with van der Waals surface area (Å²) in [7, 11) is 1.72. The van der Waals surface area contributed by atoms with Crippen LogP contribution in [0.4, 0.5) is 11.5 Å². The molecule has 3 rings (SSSR count). The van der Waals surface area contributed by atoms with Crippen LogP contribution in [-0.4, -0.2) is 52.5 Å². The summed E-state index contributed by atoms with van der Waals surface area (Å²) in [5, 5.41) is 18.9. The van der Waals surface area contributed by atoms with Gasteiger partial charge in [-0.15, -0.1) is 0 Å². The number of nitrogens with one attached hydrogen (secondary N) is 1. The van der Waals surface area contributed by atoms with E-state index in [0.717, 1.165) is 13.1 Å². The zero-order chi connectivity index (χ0) is 18.7. The number of ether oxygens (including phenoxy) is 1. The highest BCUT2D eigenvalue weighted by Gasteiger charge is 2.27. The second-order valence-electron chi connectivity index (χ2n) is 6.62. The van der Waals surface area contributed by atoms with Gasteiger partial charge in [-0.3, -0.25) is 15.0 Å². The molecule has 1 atom stereocenters. The number of nitrogens with zero attached hydrogens (tertiary/aromatic N) is 4. The first-order chi connectivity index (χ1) is 12.5. The average Bonchev–Trinajstić information content (AvgIpc) is 2.91. The van der Waals surface area contributed by atoms with Crippen molar-refractivity contribution in [3.8, 4) is 0 Å². The van der Waals surface area contributed by atoms with Crippen molar-refractivity contribution in [1.82, 2.24) is 14.7 Å². The number of aryl methyl sites for hydroxylation is 3. The monoisotopic (exact) mass is 359 g/mol. The van der Waals surface area contributed by atoms with Crippen LogP contribution in [0, 0.1) is 24.0 Å². The van der Waals surface area contributed by atoms with Crippen LogP contribution < -0.4 is 5.32 Å². The summed E-state index contributed by atoms with van der Waals surface area (Å²) in [5.41, 5.74) is 2.85. The Labute approximate surface area is 152 Å². The lowest BCUT2D eigenvalue weighted by atomic mass is 10.0. The molecule has 0 aliphatic carbocycles. The third-order valence-corrected chi connectivity index (χ3v) is 4.78. The Balaban J connectivity index is 1.84. The number of aromatic nitrogens is 2. The SMILES string of the molecule is Cc1ccc(C(CNc2c([N+](=O)[O-])c(C)nn2C)N2CCOCC2)cc1. The van der Waals surface area contributed by atoms with E-state index in [9.17, 15) is 10.1 Å². The van der Waals surface area contributed by atoms with Gasteiger partial charge in [0.2, 0.25) is 5.82 Å². The number of morpholine rings is 1. The largest absolute Gasteiger partial charge is 0.379 e. The number of nitro groups is 1. The first kappa shape index (κ1) is 18.3. The molecular formula is C18H25N5O3. The van der Waals surface area contributed by atoms with Crippen molar-refractivity contribution in [2.75, 3.05) is 38.2 Å². The normalized spacial score (nSPS) is 16.4. The van der Waals surface area contributed by atoms with Crippen molar-refractivity contribution in [3.05, 3.63) is 51.2 Å². The molecule has 2 heterocycles. The van der Waals surface area contributed by atoms with Crippen LogP contribution in [0.1, 0.15) is 22.9 Å². The molecule has 1 aromatic heterocycles.